The van der Waals surface area contributed by atoms with E-state index in [4.69, 9.17) is 0 Å². The minimum Gasteiger partial charge on any atom is -0.312 e. The van der Waals surface area contributed by atoms with E-state index in [0.717, 1.165) is 48.7 Å². The molecule has 0 aromatic heterocycles. The summed E-state index contributed by atoms with van der Waals surface area (Å²) in [6, 6.07) is 6.35. The molecular weight excluding hydrogens is 376 g/mol. The first-order valence-corrected chi connectivity index (χ1v) is 10.6. The number of benzene rings is 1. The summed E-state index contributed by atoms with van der Waals surface area (Å²) in [5.74, 6) is 0.867. The molecule has 1 aromatic carbocycles. The molecule has 0 atom stereocenters. The summed E-state index contributed by atoms with van der Waals surface area (Å²) in [5.41, 5.74) is 2.35. The van der Waals surface area contributed by atoms with Crippen LogP contribution in [0.15, 0.2) is 22.7 Å². The van der Waals surface area contributed by atoms with Crippen molar-refractivity contribution in [3.05, 3.63) is 28.2 Å². The normalized spacial score (nSPS) is 17.7. The summed E-state index contributed by atoms with van der Waals surface area (Å²) < 4.78 is 1.09. The summed E-state index contributed by atoms with van der Waals surface area (Å²) >= 11 is 3.62. The molecule has 0 bridgehead atoms. The molecule has 1 amide bonds. The molecule has 0 unspecified atom stereocenters. The number of hydrogen-bond acceptors (Lipinski definition) is 2. The van der Waals surface area contributed by atoms with Gasteiger partial charge in [0.2, 0.25) is 5.91 Å². The van der Waals surface area contributed by atoms with Gasteiger partial charge in [-0.15, -0.1) is 0 Å². The molecule has 1 aromatic rings. The minimum atomic E-state index is 0.148. The van der Waals surface area contributed by atoms with E-state index in [1.54, 1.807) is 6.92 Å². The summed E-state index contributed by atoms with van der Waals surface area (Å²) in [5, 5.41) is 0. The van der Waals surface area contributed by atoms with Gasteiger partial charge in [0.15, 0.2) is 0 Å². The molecule has 3 nitrogen and oxygen atoms in total. The largest absolute Gasteiger partial charge is 0.312 e. The topological polar surface area (TPSA) is 23.6 Å². The average Bonchev–Trinajstić information content (AvgIpc) is 2.54. The highest BCUT2D eigenvalue weighted by molar-refractivity contribution is 9.10. The highest BCUT2D eigenvalue weighted by Gasteiger charge is 2.18. The van der Waals surface area contributed by atoms with Gasteiger partial charge in [0.25, 0.3) is 0 Å². The van der Waals surface area contributed by atoms with Crippen molar-refractivity contribution >= 4 is 27.5 Å². The molecule has 0 saturated carbocycles. The van der Waals surface area contributed by atoms with Crippen molar-refractivity contribution in [2.75, 3.05) is 24.5 Å². The Morgan fingerprint density at radius 3 is 2.48 bits per heavy atom. The van der Waals surface area contributed by atoms with Gasteiger partial charge in [-0.2, -0.15) is 0 Å². The van der Waals surface area contributed by atoms with E-state index in [1.165, 1.54) is 37.7 Å². The Kier molecular flexibility index (Phi) is 8.44. The molecule has 0 saturated heterocycles. The van der Waals surface area contributed by atoms with E-state index in [0.29, 0.717) is 0 Å². The number of halogens is 1. The van der Waals surface area contributed by atoms with E-state index < -0.39 is 0 Å². The van der Waals surface area contributed by atoms with Crippen molar-refractivity contribution in [2.45, 2.75) is 65.8 Å². The van der Waals surface area contributed by atoms with Gasteiger partial charge in [0.05, 0.1) is 0 Å². The second kappa shape index (κ2) is 10.3. The first kappa shape index (κ1) is 20.4. The van der Waals surface area contributed by atoms with Crippen LogP contribution >= 0.6 is 15.9 Å². The zero-order valence-corrected chi connectivity index (χ0v) is 17.6. The Labute approximate surface area is 161 Å². The number of anilines is 1. The fourth-order valence-corrected chi connectivity index (χ4v) is 3.89. The van der Waals surface area contributed by atoms with Gasteiger partial charge in [-0.1, -0.05) is 49.0 Å². The Morgan fingerprint density at radius 1 is 1.12 bits per heavy atom. The third kappa shape index (κ3) is 6.74. The fraction of sp³-hybridized carbons (Fsp3) is 0.667. The predicted molar refractivity (Wildman–Crippen MR) is 110 cm³/mol. The van der Waals surface area contributed by atoms with Gasteiger partial charge >= 0.3 is 0 Å². The molecule has 0 radical (unpaired) electrons. The zero-order chi connectivity index (χ0) is 18.2. The number of carbonyl (C=O) groups excluding carboxylic acids is 1. The number of rotatable bonds is 3. The van der Waals surface area contributed by atoms with Crippen molar-refractivity contribution < 1.29 is 4.79 Å². The average molecular weight is 409 g/mol. The molecule has 0 N–H and O–H groups in total. The second-order valence-corrected chi connectivity index (χ2v) is 8.59. The highest BCUT2D eigenvalue weighted by atomic mass is 79.9. The highest BCUT2D eigenvalue weighted by Crippen LogP contribution is 2.28. The number of amides is 1. The summed E-state index contributed by atoms with van der Waals surface area (Å²) in [6.07, 6.45) is 7.37. The molecule has 140 valence electrons. The lowest BCUT2D eigenvalue weighted by Crippen LogP contribution is -2.33. The molecule has 4 heteroatoms. The third-order valence-corrected chi connectivity index (χ3v) is 5.48. The number of hydrogen-bond donors (Lipinski definition) is 0. The quantitative estimate of drug-likeness (QED) is 0.648. The van der Waals surface area contributed by atoms with Crippen LogP contribution in [0.1, 0.15) is 64.9 Å². The van der Waals surface area contributed by atoms with Crippen LogP contribution in [0, 0.1) is 5.92 Å². The third-order valence-electron chi connectivity index (χ3n) is 4.99. The van der Waals surface area contributed by atoms with Gasteiger partial charge < -0.3 is 4.90 Å². The lowest BCUT2D eigenvalue weighted by molar-refractivity contribution is -0.116. The van der Waals surface area contributed by atoms with Crippen LogP contribution in [0.2, 0.25) is 0 Å². The first-order valence-electron chi connectivity index (χ1n) is 9.76. The van der Waals surface area contributed by atoms with Crippen molar-refractivity contribution in [3.8, 4) is 0 Å². The molecule has 1 aliphatic heterocycles. The van der Waals surface area contributed by atoms with Crippen LogP contribution < -0.4 is 4.90 Å². The Balaban J connectivity index is 2.29. The maximum atomic E-state index is 12.3. The second-order valence-electron chi connectivity index (χ2n) is 7.67. The van der Waals surface area contributed by atoms with E-state index in [9.17, 15) is 4.79 Å². The van der Waals surface area contributed by atoms with E-state index in [2.05, 4.69) is 52.9 Å². The Bertz CT molecular complexity index is 559. The molecule has 0 fully saturated rings. The number of fused-ring (bicyclic) bond motifs is 1. The van der Waals surface area contributed by atoms with Crippen LogP contribution in [0.5, 0.6) is 0 Å². The lowest BCUT2D eigenvalue weighted by atomic mass is 10.1. The smallest absolute Gasteiger partial charge is 0.223 e. The van der Waals surface area contributed by atoms with Gasteiger partial charge in [-0.05, 0) is 62.0 Å². The Morgan fingerprint density at radius 2 is 1.80 bits per heavy atom. The van der Waals surface area contributed by atoms with Crippen LogP contribution in [-0.2, 0) is 11.3 Å². The minimum absolute atomic E-state index is 0.148. The predicted octanol–water partition coefficient (Wildman–Crippen LogP) is 5.61. The number of nitrogens with zero attached hydrogens (tertiary/aromatic N) is 2. The number of carbonyl (C=O) groups is 1. The van der Waals surface area contributed by atoms with Crippen molar-refractivity contribution in [1.82, 2.24) is 4.90 Å². The molecule has 0 aliphatic carbocycles. The van der Waals surface area contributed by atoms with Crippen molar-refractivity contribution in [1.29, 1.82) is 0 Å². The standard InChI is InChI=1S/C21H33BrN2O/c1-17(2)11-14-23-12-7-5-4-6-8-13-24(18(3)25)21-10-9-20(22)15-19(21)16-23/h9-10,15,17H,4-8,11-14,16H2,1-3H3. The van der Waals surface area contributed by atoms with Crippen LogP contribution in [0.3, 0.4) is 0 Å². The van der Waals surface area contributed by atoms with E-state index in [1.807, 2.05) is 4.90 Å². The summed E-state index contributed by atoms with van der Waals surface area (Å²) in [6.45, 7) is 10.3. The fourth-order valence-electron chi connectivity index (χ4n) is 3.48. The van der Waals surface area contributed by atoms with Crippen LogP contribution in [0.4, 0.5) is 5.69 Å². The summed E-state index contributed by atoms with van der Waals surface area (Å²) in [4.78, 5) is 16.8. The van der Waals surface area contributed by atoms with E-state index >= 15 is 0 Å². The molecule has 25 heavy (non-hydrogen) atoms. The van der Waals surface area contributed by atoms with E-state index in [-0.39, 0.29) is 5.91 Å². The van der Waals surface area contributed by atoms with Gasteiger partial charge in [-0.25, -0.2) is 0 Å². The van der Waals surface area contributed by atoms with Crippen molar-refractivity contribution in [3.63, 3.8) is 0 Å². The van der Waals surface area contributed by atoms with Crippen LogP contribution in [0.25, 0.3) is 0 Å². The maximum absolute atomic E-state index is 12.3. The van der Waals surface area contributed by atoms with Crippen LogP contribution in [-0.4, -0.2) is 30.4 Å². The molecule has 2 rings (SSSR count). The monoisotopic (exact) mass is 408 g/mol. The lowest BCUT2D eigenvalue weighted by Gasteiger charge is -2.29. The summed E-state index contributed by atoms with van der Waals surface area (Å²) in [7, 11) is 0. The van der Waals surface area contributed by atoms with Crippen molar-refractivity contribution in [2.24, 2.45) is 5.92 Å². The Hall–Kier alpha value is -0.870. The molecule has 1 heterocycles. The molecule has 1 aliphatic rings. The first-order chi connectivity index (χ1) is 12.0. The van der Waals surface area contributed by atoms with Gasteiger partial charge in [0, 0.05) is 30.2 Å². The van der Waals surface area contributed by atoms with Gasteiger partial charge in [-0.3, -0.25) is 9.69 Å². The zero-order valence-electron chi connectivity index (χ0n) is 16.1. The maximum Gasteiger partial charge on any atom is 0.223 e. The SMILES string of the molecule is CC(=O)N1CCCCCCCN(CCC(C)C)Cc2cc(Br)ccc21. The molecule has 0 spiro atoms. The molecular formula is C21H33BrN2O. The van der Waals surface area contributed by atoms with Gasteiger partial charge in [0.1, 0.15) is 0 Å².